The van der Waals surface area contributed by atoms with Crippen LogP contribution in [-0.2, 0) is 14.3 Å². The third-order valence-corrected chi connectivity index (χ3v) is 5.38. The Morgan fingerprint density at radius 1 is 1.31 bits per heavy atom. The van der Waals surface area contributed by atoms with Gasteiger partial charge in [-0.05, 0) is 19.1 Å². The van der Waals surface area contributed by atoms with Crippen LogP contribution in [0.2, 0.25) is 0 Å². The van der Waals surface area contributed by atoms with Crippen molar-refractivity contribution in [1.29, 1.82) is 10.5 Å². The molecule has 2 amide bonds. The maximum Gasteiger partial charge on any atom is 0.340 e. The highest BCUT2D eigenvalue weighted by atomic mass is 32.2. The summed E-state index contributed by atoms with van der Waals surface area (Å²) in [5, 5.41) is 24.2. The summed E-state index contributed by atoms with van der Waals surface area (Å²) in [6, 6.07) is 10.4. The van der Waals surface area contributed by atoms with Crippen LogP contribution in [0.3, 0.4) is 0 Å². The molecule has 150 valence electrons. The predicted octanol–water partition coefficient (Wildman–Crippen LogP) is 2.57. The molecule has 8 nitrogen and oxygen atoms in total. The number of esters is 1. The summed E-state index contributed by atoms with van der Waals surface area (Å²) in [4.78, 5) is 36.6. The standard InChI is InChI=1S/C20H20N4O4S/c1-4-28-19(27)12-7-5-6-8-15(12)23-16(25)11-29-18-14(10-22)20(2,3)13(9-21)17(26)24-18/h5-8,13H,4,11H2,1-3H3,(H,23,25)(H,24,26)/t13-/m1/s1. The highest BCUT2D eigenvalue weighted by Crippen LogP contribution is 2.41. The number of carbonyl (C=O) groups is 3. The fraction of sp³-hybridized carbons (Fsp3) is 0.350. The fourth-order valence-electron chi connectivity index (χ4n) is 2.84. The van der Waals surface area contributed by atoms with E-state index in [9.17, 15) is 24.9 Å². The van der Waals surface area contributed by atoms with Gasteiger partial charge in [0.05, 0.1) is 46.4 Å². The highest BCUT2D eigenvalue weighted by molar-refractivity contribution is 8.03. The molecule has 0 bridgehead atoms. The first-order valence-corrected chi connectivity index (χ1v) is 9.78. The molecule has 0 aliphatic carbocycles. The van der Waals surface area contributed by atoms with Crippen LogP contribution in [0.25, 0.3) is 0 Å². The quantitative estimate of drug-likeness (QED) is 0.686. The fourth-order valence-corrected chi connectivity index (χ4v) is 3.81. The SMILES string of the molecule is CCOC(=O)c1ccccc1NC(=O)CSC1=C(C#N)C(C)(C)[C@H](C#N)C(=O)N1. The van der Waals surface area contributed by atoms with Crippen molar-refractivity contribution in [3.05, 3.63) is 40.4 Å². The third kappa shape index (κ3) is 4.76. The van der Waals surface area contributed by atoms with E-state index in [-0.39, 0.29) is 28.5 Å². The third-order valence-electron chi connectivity index (χ3n) is 4.38. The molecular weight excluding hydrogens is 392 g/mol. The Bertz CT molecular complexity index is 956. The van der Waals surface area contributed by atoms with Crippen LogP contribution < -0.4 is 10.6 Å². The summed E-state index contributed by atoms with van der Waals surface area (Å²) in [6.07, 6.45) is 0. The molecule has 29 heavy (non-hydrogen) atoms. The molecule has 2 rings (SSSR count). The number of benzene rings is 1. The van der Waals surface area contributed by atoms with Gasteiger partial charge < -0.3 is 15.4 Å². The number of nitrogens with zero attached hydrogens (tertiary/aromatic N) is 2. The van der Waals surface area contributed by atoms with E-state index in [0.717, 1.165) is 11.8 Å². The molecule has 1 atom stereocenters. The molecule has 0 radical (unpaired) electrons. The van der Waals surface area contributed by atoms with Crippen molar-refractivity contribution in [3.8, 4) is 12.1 Å². The van der Waals surface area contributed by atoms with Crippen molar-refractivity contribution in [2.75, 3.05) is 17.7 Å². The molecule has 9 heteroatoms. The minimum Gasteiger partial charge on any atom is -0.462 e. The second kappa shape index (κ2) is 9.26. The largest absolute Gasteiger partial charge is 0.462 e. The van der Waals surface area contributed by atoms with Crippen LogP contribution in [0.1, 0.15) is 31.1 Å². The number of anilines is 1. The van der Waals surface area contributed by atoms with E-state index in [0.29, 0.717) is 5.69 Å². The number of amides is 2. The maximum absolute atomic E-state index is 12.4. The van der Waals surface area contributed by atoms with Gasteiger partial charge in [-0.3, -0.25) is 9.59 Å². The van der Waals surface area contributed by atoms with Gasteiger partial charge in [0.25, 0.3) is 0 Å². The van der Waals surface area contributed by atoms with Gasteiger partial charge in [0.2, 0.25) is 11.8 Å². The van der Waals surface area contributed by atoms with Gasteiger partial charge in [-0.15, -0.1) is 0 Å². The summed E-state index contributed by atoms with van der Waals surface area (Å²) in [5.41, 5.74) is -0.188. The lowest BCUT2D eigenvalue weighted by molar-refractivity contribution is -0.125. The summed E-state index contributed by atoms with van der Waals surface area (Å²) < 4.78 is 4.98. The van der Waals surface area contributed by atoms with Crippen LogP contribution in [-0.4, -0.2) is 30.1 Å². The zero-order chi connectivity index (χ0) is 21.6. The monoisotopic (exact) mass is 412 g/mol. The van der Waals surface area contributed by atoms with Crippen molar-refractivity contribution < 1.29 is 19.1 Å². The summed E-state index contributed by atoms with van der Waals surface area (Å²) in [7, 11) is 0. The van der Waals surface area contributed by atoms with Crippen molar-refractivity contribution in [2.45, 2.75) is 20.8 Å². The van der Waals surface area contributed by atoms with E-state index < -0.39 is 29.1 Å². The first-order chi connectivity index (χ1) is 13.8. The lowest BCUT2D eigenvalue weighted by atomic mass is 9.72. The topological polar surface area (TPSA) is 132 Å². The molecule has 0 unspecified atom stereocenters. The summed E-state index contributed by atoms with van der Waals surface area (Å²) in [5.74, 6) is -2.58. The van der Waals surface area contributed by atoms with E-state index in [2.05, 4.69) is 10.6 Å². The Balaban J connectivity index is 2.15. The molecule has 1 aliphatic heterocycles. The van der Waals surface area contributed by atoms with E-state index in [1.807, 2.05) is 12.1 Å². The van der Waals surface area contributed by atoms with E-state index in [4.69, 9.17) is 4.74 Å². The second-order valence-electron chi connectivity index (χ2n) is 6.69. The van der Waals surface area contributed by atoms with Crippen LogP contribution in [0, 0.1) is 34.0 Å². The number of para-hydroxylation sites is 1. The Morgan fingerprint density at radius 3 is 2.62 bits per heavy atom. The first-order valence-electron chi connectivity index (χ1n) is 8.80. The Morgan fingerprint density at radius 2 is 2.00 bits per heavy atom. The van der Waals surface area contributed by atoms with Gasteiger partial charge in [0.15, 0.2) is 0 Å². The molecule has 0 spiro atoms. The molecule has 1 aliphatic rings. The minimum atomic E-state index is -0.994. The van der Waals surface area contributed by atoms with Gasteiger partial charge in [-0.25, -0.2) is 4.79 Å². The lowest BCUT2D eigenvalue weighted by Gasteiger charge is -2.34. The molecule has 1 aromatic rings. The molecule has 1 heterocycles. The Kier molecular flexibility index (Phi) is 7.03. The Labute approximate surface area is 172 Å². The Hall–Kier alpha value is -3.30. The summed E-state index contributed by atoms with van der Waals surface area (Å²) in [6.45, 7) is 5.19. The zero-order valence-corrected chi connectivity index (χ0v) is 17.1. The zero-order valence-electron chi connectivity index (χ0n) is 16.2. The van der Waals surface area contributed by atoms with Gasteiger partial charge in [0.1, 0.15) is 5.92 Å². The number of nitriles is 2. The number of thioether (sulfide) groups is 1. The van der Waals surface area contributed by atoms with Crippen LogP contribution in [0.5, 0.6) is 0 Å². The summed E-state index contributed by atoms with van der Waals surface area (Å²) >= 11 is 0.988. The average Bonchev–Trinajstić information content (AvgIpc) is 2.66. The highest BCUT2D eigenvalue weighted by Gasteiger charge is 2.44. The van der Waals surface area contributed by atoms with Gasteiger partial charge in [-0.2, -0.15) is 10.5 Å². The van der Waals surface area contributed by atoms with Crippen LogP contribution >= 0.6 is 11.8 Å². The van der Waals surface area contributed by atoms with Crippen molar-refractivity contribution in [3.63, 3.8) is 0 Å². The van der Waals surface area contributed by atoms with E-state index >= 15 is 0 Å². The van der Waals surface area contributed by atoms with Crippen LogP contribution in [0.4, 0.5) is 5.69 Å². The molecule has 0 aromatic heterocycles. The number of hydrogen-bond donors (Lipinski definition) is 2. The maximum atomic E-state index is 12.4. The molecule has 0 saturated heterocycles. The number of carbonyl (C=O) groups excluding carboxylic acids is 3. The van der Waals surface area contributed by atoms with Gasteiger partial charge in [-0.1, -0.05) is 37.7 Å². The second-order valence-corrected chi connectivity index (χ2v) is 7.68. The lowest BCUT2D eigenvalue weighted by Crippen LogP contribution is -2.44. The van der Waals surface area contributed by atoms with Gasteiger partial charge >= 0.3 is 5.97 Å². The number of ether oxygens (including phenoxy) is 1. The van der Waals surface area contributed by atoms with Crippen molar-refractivity contribution in [2.24, 2.45) is 11.3 Å². The predicted molar refractivity (Wildman–Crippen MR) is 107 cm³/mol. The normalized spacial score (nSPS) is 17.6. The smallest absolute Gasteiger partial charge is 0.340 e. The number of hydrogen-bond acceptors (Lipinski definition) is 7. The van der Waals surface area contributed by atoms with E-state index in [1.165, 1.54) is 0 Å². The molecule has 0 saturated carbocycles. The number of nitrogens with one attached hydrogen (secondary N) is 2. The van der Waals surface area contributed by atoms with E-state index in [1.54, 1.807) is 45.0 Å². The van der Waals surface area contributed by atoms with Crippen LogP contribution in [0.15, 0.2) is 34.9 Å². The van der Waals surface area contributed by atoms with Gasteiger partial charge in [0, 0.05) is 5.41 Å². The first kappa shape index (κ1) is 22.0. The molecule has 0 fully saturated rings. The van der Waals surface area contributed by atoms with Crippen molar-refractivity contribution in [1.82, 2.24) is 5.32 Å². The number of allylic oxidation sites excluding steroid dienone is 1. The molecule has 1 aromatic carbocycles. The average molecular weight is 412 g/mol. The molecular formula is C20H20N4O4S. The number of rotatable bonds is 6. The molecule has 2 N–H and O–H groups in total. The van der Waals surface area contributed by atoms with Crippen molar-refractivity contribution >= 4 is 35.2 Å². The minimum absolute atomic E-state index is 0.106.